The van der Waals surface area contributed by atoms with Crippen LogP contribution in [0.5, 0.6) is 0 Å². The zero-order valence-electron chi connectivity index (χ0n) is 31.2. The van der Waals surface area contributed by atoms with Gasteiger partial charge < -0.3 is 38.8 Å². The van der Waals surface area contributed by atoms with Crippen molar-refractivity contribution in [3.8, 4) is 6.26 Å². The second-order valence-corrected chi connectivity index (χ2v) is 8.97. The molecule has 0 fully saturated rings. The van der Waals surface area contributed by atoms with Gasteiger partial charge in [-0.05, 0) is 34.8 Å². The van der Waals surface area contributed by atoms with E-state index >= 15 is 0 Å². The number of esters is 4. The molecule has 1 amide bonds. The minimum atomic E-state index is -0.564. The fourth-order valence-electron chi connectivity index (χ4n) is 2.95. The summed E-state index contributed by atoms with van der Waals surface area (Å²) in [5.41, 5.74) is 0. The molecule has 2 radical (unpaired) electrons. The number of aliphatic hydroxyl groups is 1. The Morgan fingerprint density at radius 2 is 1.27 bits per heavy atom. The Labute approximate surface area is 337 Å². The Morgan fingerprint density at radius 3 is 1.79 bits per heavy atom. The van der Waals surface area contributed by atoms with Gasteiger partial charge in [0.2, 0.25) is 6.08 Å². The van der Waals surface area contributed by atoms with Crippen molar-refractivity contribution in [1.82, 2.24) is 5.32 Å². The molecule has 0 aliphatic carbocycles. The Balaban J connectivity index is -0.000000182. The standard InChI is InChI=1S/C19H29NO8.C8H12N2O2.C5H8O3.CH4.B2H2.U/c1-3-16(21)25-12-13-27-18(23)10-8-6-5-7-9-11-20-19(24)28-15-14-26-17(22)4-2;9-7-12-6-4-2-1-3-5-10-8-11;1-2-5(7)8-4-3-6;;1-2;/h3-4H,1-2,5-15H2,(H,20,24);1-6H2;2,6H,1,3-4H2;1H4;1-2H;/i;;;;1D,2T;. The van der Waals surface area contributed by atoms with Gasteiger partial charge >= 0.3 is 30.0 Å². The molecule has 19 heteroatoms. The van der Waals surface area contributed by atoms with E-state index < -0.39 is 24.0 Å². The summed E-state index contributed by atoms with van der Waals surface area (Å²) in [7, 11) is 1.83. The van der Waals surface area contributed by atoms with Crippen molar-refractivity contribution in [1.29, 1.82) is 7.93 Å². The minimum Gasteiger partial charge on any atom is -0.462 e. The first-order valence-corrected chi connectivity index (χ1v) is 15.6. The van der Waals surface area contributed by atoms with Crippen LogP contribution in [0.2, 0.25) is 0 Å². The van der Waals surface area contributed by atoms with Gasteiger partial charge in [-0.1, -0.05) is 52.8 Å². The molecule has 0 spiro atoms. The molecule has 0 heterocycles. The Kier molecular flexibility index (Phi) is 57.0. The number of carbonyl (C=O) groups is 5. The van der Waals surface area contributed by atoms with Crippen molar-refractivity contribution in [2.75, 3.05) is 59.3 Å². The number of rotatable bonds is 27. The topological polar surface area (TPSA) is 226 Å². The molecule has 16 nitrogen and oxygen atoms in total. The molecule has 0 aromatic carbocycles. The van der Waals surface area contributed by atoms with E-state index in [-0.39, 0.29) is 84.2 Å². The number of unbranched alkanes of at least 4 members (excludes halogenated alkanes) is 7. The van der Waals surface area contributed by atoms with Crippen LogP contribution in [-0.4, -0.2) is 119 Å². The largest absolute Gasteiger partial charge is 0.462 e. The van der Waals surface area contributed by atoms with Crippen molar-refractivity contribution < 1.29 is 93.4 Å². The van der Waals surface area contributed by atoms with Crippen LogP contribution < -0.4 is 5.32 Å². The molecule has 0 unspecified atom stereocenters. The van der Waals surface area contributed by atoms with Gasteiger partial charge in [0, 0.05) is 77.7 Å². The van der Waals surface area contributed by atoms with Gasteiger partial charge in [-0.2, -0.15) is 5.26 Å². The van der Waals surface area contributed by atoms with Crippen LogP contribution in [0.1, 0.15) is 71.6 Å². The summed E-state index contributed by atoms with van der Waals surface area (Å²) in [5, 5.41) is 18.7. The van der Waals surface area contributed by atoms with E-state index in [9.17, 15) is 28.8 Å². The summed E-state index contributed by atoms with van der Waals surface area (Å²) in [6, 6.07) is 0. The molecule has 0 bridgehead atoms. The second kappa shape index (κ2) is 54.0. The van der Waals surface area contributed by atoms with Crippen molar-refractivity contribution in [3.63, 3.8) is 0 Å². The maximum Gasteiger partial charge on any atom is 0.407 e. The first-order valence-electron chi connectivity index (χ1n) is 16.8. The first kappa shape index (κ1) is 54.9. The number of isocyanates is 1. The predicted molar refractivity (Wildman–Crippen MR) is 193 cm³/mol. The number of hydrogen-bond acceptors (Lipinski definition) is 15. The van der Waals surface area contributed by atoms with Crippen LogP contribution in [0.25, 0.3) is 0 Å². The Bertz CT molecular complexity index is 1020. The Morgan fingerprint density at radius 1 is 0.788 bits per heavy atom. The number of amides is 1. The first-order chi connectivity index (χ1) is 25.1. The number of carbonyl (C=O) groups excluding carboxylic acids is 6. The van der Waals surface area contributed by atoms with Crippen molar-refractivity contribution >= 4 is 51.5 Å². The molecule has 0 atom stereocenters. The van der Waals surface area contributed by atoms with Crippen LogP contribution in [-0.2, 0) is 52.4 Å². The van der Waals surface area contributed by atoms with E-state index in [1.54, 1.807) is 6.26 Å². The molecule has 52 heavy (non-hydrogen) atoms. The van der Waals surface area contributed by atoms with Gasteiger partial charge in [0.15, 0.2) is 0 Å². The van der Waals surface area contributed by atoms with Crippen LogP contribution in [0, 0.1) is 42.6 Å². The van der Waals surface area contributed by atoms with Crippen molar-refractivity contribution in [3.05, 3.63) is 38.0 Å². The van der Waals surface area contributed by atoms with Crippen LogP contribution in [0.15, 0.2) is 43.0 Å². The third-order valence-electron chi connectivity index (χ3n) is 5.21. The molecule has 290 valence electrons. The molecule has 0 saturated heterocycles. The van der Waals surface area contributed by atoms with E-state index in [4.69, 9.17) is 22.5 Å². The summed E-state index contributed by atoms with van der Waals surface area (Å²) in [6.45, 7) is 11.1. The number of nitriles is 1. The maximum absolute atomic E-state index is 11.5. The van der Waals surface area contributed by atoms with Crippen LogP contribution in [0.3, 0.4) is 0 Å². The van der Waals surface area contributed by atoms with E-state index in [1.807, 2.05) is 0 Å². The number of hydrogen-bond donors (Lipinski definition) is 2. The third-order valence-corrected chi connectivity index (χ3v) is 5.21. The number of aliphatic imine (C=N–C) groups is 1. The fourth-order valence-corrected chi connectivity index (χ4v) is 2.95. The van der Waals surface area contributed by atoms with Crippen LogP contribution >= 0.6 is 0 Å². The average Bonchev–Trinajstić information content (AvgIpc) is 3.16. The van der Waals surface area contributed by atoms with Gasteiger partial charge in [-0.15, -0.1) is 0 Å². The third kappa shape index (κ3) is 58.4. The predicted octanol–water partition coefficient (Wildman–Crippen LogP) is 2.48. The van der Waals surface area contributed by atoms with E-state index in [0.29, 0.717) is 32.5 Å². The van der Waals surface area contributed by atoms with Crippen molar-refractivity contribution in [2.45, 2.75) is 71.6 Å². The van der Waals surface area contributed by atoms with Gasteiger partial charge in [0.25, 0.3) is 6.26 Å². The number of ether oxygens (including phenoxy) is 6. The molecule has 0 aliphatic heterocycles. The quantitative estimate of drug-likeness (QED) is 0.0176. The average molecular weight is 964 g/mol. The summed E-state index contributed by atoms with van der Waals surface area (Å²) in [6.07, 6.45) is 14.0. The molecule has 0 saturated carbocycles. The zero-order valence-corrected chi connectivity index (χ0v) is 33.3. The van der Waals surface area contributed by atoms with Gasteiger partial charge in [-0.25, -0.2) is 29.0 Å². The SMILES string of the molecule is C.C=CC(=O)OCCO.C=CC(=O)OCCOC(=O)CCCCCCCNC(=O)OCCOC(=O)C=C.N#COCCCCCCN=C=O.[2H][B][B][3H].[U]. The minimum absolute atomic E-state index is 0. The summed E-state index contributed by atoms with van der Waals surface area (Å²) in [5.74, 6) is -1.93. The van der Waals surface area contributed by atoms with Crippen LogP contribution in [0.4, 0.5) is 4.79 Å². The summed E-state index contributed by atoms with van der Waals surface area (Å²) < 4.78 is 40.1. The monoisotopic (exact) mass is 964 g/mol. The Hall–Kier alpha value is -3.82. The molecule has 0 rings (SSSR count). The summed E-state index contributed by atoms with van der Waals surface area (Å²) >= 11 is 0. The normalized spacial score (nSPS) is 8.85. The fraction of sp³-hybridized carbons (Fsp3) is 0.606. The molecule has 0 aliphatic rings. The zero-order chi connectivity index (χ0) is 39.9. The second-order valence-electron chi connectivity index (χ2n) is 8.97. The number of nitrogens with zero attached hydrogens (tertiary/aromatic N) is 2. The van der Waals surface area contributed by atoms with Gasteiger partial charge in [0.1, 0.15) is 39.6 Å². The van der Waals surface area contributed by atoms with Gasteiger partial charge in [0.05, 0.1) is 13.2 Å². The number of alkyl carbamates (subject to hydrolysis) is 1. The summed E-state index contributed by atoms with van der Waals surface area (Å²) in [4.78, 5) is 67.5. The number of nitrogens with one attached hydrogen (secondary N) is 1. The van der Waals surface area contributed by atoms with E-state index in [0.717, 1.165) is 85.0 Å². The smallest absolute Gasteiger partial charge is 0.407 e. The molecular weight excluding hydrogens is 906 g/mol. The molecular formula is C33H55B2N3O13U. The number of aliphatic hydroxyl groups excluding tert-OH is 1. The van der Waals surface area contributed by atoms with E-state index in [1.165, 1.54) is 6.08 Å². The van der Waals surface area contributed by atoms with Crippen molar-refractivity contribution in [2.24, 2.45) is 4.99 Å². The van der Waals surface area contributed by atoms with E-state index in [2.05, 4.69) is 49.0 Å². The molecule has 0 aromatic heterocycles. The van der Waals surface area contributed by atoms with Gasteiger partial charge in [-0.3, -0.25) is 4.79 Å². The maximum atomic E-state index is 11.5. The molecule has 2 N–H and O–H groups in total. The molecule has 0 aromatic rings.